The third-order valence-electron chi connectivity index (χ3n) is 7.24. The summed E-state index contributed by atoms with van der Waals surface area (Å²) < 4.78 is 13.4. The molecule has 0 atom stereocenters. The number of anilines is 1. The molecule has 1 saturated carbocycles. The van der Waals surface area contributed by atoms with Gasteiger partial charge in [0.1, 0.15) is 11.6 Å². The molecule has 8 heteroatoms. The summed E-state index contributed by atoms with van der Waals surface area (Å²) in [6.45, 7) is 0.659. The number of aryl methyl sites for hydroxylation is 2. The molecule has 3 heterocycles. The van der Waals surface area contributed by atoms with Crippen molar-refractivity contribution in [3.8, 4) is 17.2 Å². The maximum Gasteiger partial charge on any atom is 0.247 e. The van der Waals surface area contributed by atoms with Crippen LogP contribution in [0.2, 0.25) is 0 Å². The zero-order valence-corrected chi connectivity index (χ0v) is 21.6. The molecule has 2 aromatic carbocycles. The van der Waals surface area contributed by atoms with Gasteiger partial charge in [0.2, 0.25) is 11.8 Å². The average molecular weight is 509 g/mol. The van der Waals surface area contributed by atoms with Crippen LogP contribution in [-0.4, -0.2) is 38.1 Å². The molecule has 0 saturated heterocycles. The van der Waals surface area contributed by atoms with Gasteiger partial charge >= 0.3 is 0 Å². The number of nitrogens with one attached hydrogen (secondary N) is 1. The Kier molecular flexibility index (Phi) is 7.02. The minimum Gasteiger partial charge on any atom is -0.497 e. The number of pyridine rings is 1. The predicted molar refractivity (Wildman–Crippen MR) is 147 cm³/mol. The molecule has 1 aliphatic carbocycles. The first-order valence-electron chi connectivity index (χ1n) is 13.4. The van der Waals surface area contributed by atoms with Gasteiger partial charge in [-0.05, 0) is 48.7 Å². The van der Waals surface area contributed by atoms with Gasteiger partial charge in [-0.1, -0.05) is 49.6 Å². The molecule has 0 spiro atoms. The van der Waals surface area contributed by atoms with Crippen molar-refractivity contribution in [3.05, 3.63) is 84.0 Å². The Hall–Kier alpha value is -4.20. The van der Waals surface area contributed by atoms with Crippen LogP contribution in [0.25, 0.3) is 22.4 Å². The number of methoxy groups -OCH3 is 1. The largest absolute Gasteiger partial charge is 0.497 e. The van der Waals surface area contributed by atoms with E-state index < -0.39 is 0 Å². The van der Waals surface area contributed by atoms with Crippen LogP contribution in [0.15, 0.2) is 71.3 Å². The lowest BCUT2D eigenvalue weighted by Gasteiger charge is -2.23. The fourth-order valence-electron chi connectivity index (χ4n) is 5.23. The molecule has 194 valence electrons. The van der Waals surface area contributed by atoms with Gasteiger partial charge in [-0.25, -0.2) is 4.98 Å². The third-order valence-corrected chi connectivity index (χ3v) is 7.24. The SMILES string of the molecule is COc1ccc(Cn2nc(CCc3nnc(-c4ccccc4)o3)c3c(NC4CCCCC4)nccc32)cc1. The Morgan fingerprint density at radius 2 is 1.76 bits per heavy atom. The summed E-state index contributed by atoms with van der Waals surface area (Å²) in [5.41, 5.74) is 4.13. The number of aromatic nitrogens is 5. The number of rotatable bonds is 9. The smallest absolute Gasteiger partial charge is 0.247 e. The van der Waals surface area contributed by atoms with E-state index in [1.807, 2.05) is 48.7 Å². The number of nitrogens with zero attached hydrogens (tertiary/aromatic N) is 5. The van der Waals surface area contributed by atoms with Crippen LogP contribution >= 0.6 is 0 Å². The zero-order chi connectivity index (χ0) is 25.7. The molecule has 0 amide bonds. The monoisotopic (exact) mass is 508 g/mol. The third kappa shape index (κ3) is 5.25. The lowest BCUT2D eigenvalue weighted by Crippen LogP contribution is -2.23. The van der Waals surface area contributed by atoms with Gasteiger partial charge in [-0.15, -0.1) is 10.2 Å². The van der Waals surface area contributed by atoms with E-state index in [0.29, 0.717) is 37.2 Å². The molecule has 0 unspecified atom stereocenters. The standard InChI is InChI=1S/C30H32N6O2/c1-37-24-14-12-21(13-15-24)20-36-26-18-19-31-29(32-23-10-6-3-7-11-23)28(26)25(35-36)16-17-27-33-34-30(38-27)22-8-4-2-5-9-22/h2,4-5,8-9,12-15,18-19,23H,3,6-7,10-11,16-17,20H2,1H3,(H,31,32). The Labute approximate surface area is 222 Å². The summed E-state index contributed by atoms with van der Waals surface area (Å²) in [7, 11) is 1.68. The number of hydrogen-bond donors (Lipinski definition) is 1. The number of ether oxygens (including phenoxy) is 1. The van der Waals surface area contributed by atoms with Crippen LogP contribution in [0.3, 0.4) is 0 Å². The van der Waals surface area contributed by atoms with Crippen molar-refractivity contribution in [2.45, 2.75) is 57.5 Å². The van der Waals surface area contributed by atoms with E-state index in [4.69, 9.17) is 19.2 Å². The minimum absolute atomic E-state index is 0.448. The molecule has 6 rings (SSSR count). The molecule has 8 nitrogen and oxygen atoms in total. The van der Waals surface area contributed by atoms with Gasteiger partial charge in [0.05, 0.1) is 30.3 Å². The van der Waals surface area contributed by atoms with Crippen molar-refractivity contribution < 1.29 is 9.15 Å². The van der Waals surface area contributed by atoms with E-state index in [9.17, 15) is 0 Å². The quantitative estimate of drug-likeness (QED) is 0.258. The van der Waals surface area contributed by atoms with Crippen LogP contribution in [-0.2, 0) is 19.4 Å². The van der Waals surface area contributed by atoms with Crippen molar-refractivity contribution in [1.82, 2.24) is 25.0 Å². The molecule has 0 aliphatic heterocycles. The second-order valence-electron chi connectivity index (χ2n) is 9.85. The van der Waals surface area contributed by atoms with Crippen molar-refractivity contribution >= 4 is 16.7 Å². The van der Waals surface area contributed by atoms with E-state index in [-0.39, 0.29) is 0 Å². The molecule has 0 radical (unpaired) electrons. The van der Waals surface area contributed by atoms with Crippen molar-refractivity contribution in [3.63, 3.8) is 0 Å². The molecule has 1 fully saturated rings. The van der Waals surface area contributed by atoms with Gasteiger partial charge in [-0.2, -0.15) is 5.10 Å². The molecule has 3 aromatic heterocycles. The Balaban J connectivity index is 1.30. The lowest BCUT2D eigenvalue weighted by molar-refractivity contribution is 0.414. The zero-order valence-electron chi connectivity index (χ0n) is 21.6. The summed E-state index contributed by atoms with van der Waals surface area (Å²) in [4.78, 5) is 4.77. The average Bonchev–Trinajstić information content (AvgIpc) is 3.59. The second-order valence-corrected chi connectivity index (χ2v) is 9.85. The molecular weight excluding hydrogens is 476 g/mol. The van der Waals surface area contributed by atoms with Crippen LogP contribution in [0.1, 0.15) is 49.3 Å². The summed E-state index contributed by atoms with van der Waals surface area (Å²) in [5, 5.41) is 18.5. The van der Waals surface area contributed by atoms with Gasteiger partial charge in [0.15, 0.2) is 0 Å². The Morgan fingerprint density at radius 3 is 2.55 bits per heavy atom. The van der Waals surface area contributed by atoms with Crippen molar-refractivity contribution in [2.75, 3.05) is 12.4 Å². The summed E-state index contributed by atoms with van der Waals surface area (Å²) in [6, 6.07) is 20.5. The van der Waals surface area contributed by atoms with E-state index in [1.165, 1.54) is 32.1 Å². The lowest BCUT2D eigenvalue weighted by atomic mass is 9.95. The molecule has 5 aromatic rings. The molecule has 1 N–H and O–H groups in total. The van der Waals surface area contributed by atoms with E-state index in [1.54, 1.807) is 7.11 Å². The highest BCUT2D eigenvalue weighted by Crippen LogP contribution is 2.30. The predicted octanol–water partition coefficient (Wildman–Crippen LogP) is 6.07. The van der Waals surface area contributed by atoms with E-state index in [0.717, 1.165) is 39.3 Å². The van der Waals surface area contributed by atoms with Gasteiger partial charge < -0.3 is 14.5 Å². The van der Waals surface area contributed by atoms with Crippen molar-refractivity contribution in [1.29, 1.82) is 0 Å². The van der Waals surface area contributed by atoms with E-state index >= 15 is 0 Å². The van der Waals surface area contributed by atoms with Crippen LogP contribution < -0.4 is 10.1 Å². The Morgan fingerprint density at radius 1 is 0.947 bits per heavy atom. The summed E-state index contributed by atoms with van der Waals surface area (Å²) in [5.74, 6) is 2.91. The van der Waals surface area contributed by atoms with Gasteiger partial charge in [0.25, 0.3) is 0 Å². The highest BCUT2D eigenvalue weighted by molar-refractivity contribution is 5.92. The first-order chi connectivity index (χ1) is 18.8. The minimum atomic E-state index is 0.448. The van der Waals surface area contributed by atoms with Crippen LogP contribution in [0, 0.1) is 0 Å². The molecule has 38 heavy (non-hydrogen) atoms. The second kappa shape index (κ2) is 11.0. The first kappa shape index (κ1) is 24.2. The maximum atomic E-state index is 5.98. The van der Waals surface area contributed by atoms with Crippen LogP contribution in [0.4, 0.5) is 5.82 Å². The number of fused-ring (bicyclic) bond motifs is 1. The Bertz CT molecular complexity index is 1490. The summed E-state index contributed by atoms with van der Waals surface area (Å²) in [6.07, 6.45) is 9.36. The first-order valence-corrected chi connectivity index (χ1v) is 13.4. The molecule has 1 aliphatic rings. The fourth-order valence-corrected chi connectivity index (χ4v) is 5.23. The van der Waals surface area contributed by atoms with Gasteiger partial charge in [-0.3, -0.25) is 4.68 Å². The van der Waals surface area contributed by atoms with Crippen LogP contribution in [0.5, 0.6) is 5.75 Å². The normalized spacial score (nSPS) is 14.1. The summed E-state index contributed by atoms with van der Waals surface area (Å²) >= 11 is 0. The van der Waals surface area contributed by atoms with Gasteiger partial charge in [0, 0.05) is 30.6 Å². The molecule has 0 bridgehead atoms. The number of hydrogen-bond acceptors (Lipinski definition) is 7. The maximum absolute atomic E-state index is 5.98. The molecular formula is C30H32N6O2. The van der Waals surface area contributed by atoms with E-state index in [2.05, 4.69) is 38.4 Å². The fraction of sp³-hybridized carbons (Fsp3) is 0.333. The highest BCUT2D eigenvalue weighted by Gasteiger charge is 2.20. The number of benzene rings is 2. The van der Waals surface area contributed by atoms with Crippen molar-refractivity contribution in [2.24, 2.45) is 0 Å². The highest BCUT2D eigenvalue weighted by atomic mass is 16.5. The topological polar surface area (TPSA) is 90.9 Å².